The van der Waals surface area contributed by atoms with Crippen molar-refractivity contribution in [2.45, 2.75) is 12.6 Å². The van der Waals surface area contributed by atoms with Gasteiger partial charge < -0.3 is 10.2 Å². The smallest absolute Gasteiger partial charge is 0.358 e. The molecular formula is C9H9N3O3S. The fourth-order valence-electron chi connectivity index (χ4n) is 1.23. The number of carbonyl (C=O) groups is 1. The number of aromatic carboxylic acids is 1. The molecule has 0 fully saturated rings. The Hall–Kier alpha value is -1.73. The molecule has 2 aromatic heterocycles. The summed E-state index contributed by atoms with van der Waals surface area (Å²) in [5.74, 6) is -1.13. The minimum Gasteiger partial charge on any atom is -0.476 e. The Morgan fingerprint density at radius 2 is 2.44 bits per heavy atom. The molecule has 2 N–H and O–H groups in total. The molecule has 1 atom stereocenters. The number of hydrogen-bond acceptors (Lipinski definition) is 5. The number of aliphatic hydroxyl groups is 1. The molecule has 0 aliphatic heterocycles. The van der Waals surface area contributed by atoms with Crippen molar-refractivity contribution in [2.75, 3.05) is 0 Å². The van der Waals surface area contributed by atoms with Crippen LogP contribution in [0.4, 0.5) is 0 Å². The molecule has 6 nitrogen and oxygen atoms in total. The molecule has 0 amide bonds. The van der Waals surface area contributed by atoms with E-state index in [1.54, 1.807) is 0 Å². The Labute approximate surface area is 94.8 Å². The molecule has 2 aromatic rings. The van der Waals surface area contributed by atoms with E-state index in [0.717, 1.165) is 5.56 Å². The van der Waals surface area contributed by atoms with E-state index in [1.165, 1.54) is 22.2 Å². The summed E-state index contributed by atoms with van der Waals surface area (Å²) in [4.78, 5) is 10.6. The van der Waals surface area contributed by atoms with Gasteiger partial charge in [0.2, 0.25) is 0 Å². The average Bonchev–Trinajstić information content (AvgIpc) is 2.87. The molecule has 84 valence electrons. The summed E-state index contributed by atoms with van der Waals surface area (Å²) >= 11 is 1.49. The Morgan fingerprint density at radius 1 is 1.62 bits per heavy atom. The van der Waals surface area contributed by atoms with Crippen LogP contribution < -0.4 is 0 Å². The van der Waals surface area contributed by atoms with Crippen LogP contribution in [0.15, 0.2) is 23.0 Å². The summed E-state index contributed by atoms with van der Waals surface area (Å²) in [5, 5.41) is 29.2. The molecule has 2 rings (SSSR count). The monoisotopic (exact) mass is 239 g/mol. The summed E-state index contributed by atoms with van der Waals surface area (Å²) in [5.41, 5.74) is 0.662. The van der Waals surface area contributed by atoms with Gasteiger partial charge in [0.1, 0.15) is 0 Å². The molecule has 0 bridgehead atoms. The number of thiophene rings is 1. The van der Waals surface area contributed by atoms with Gasteiger partial charge in [-0.05, 0) is 22.4 Å². The van der Waals surface area contributed by atoms with Crippen molar-refractivity contribution >= 4 is 17.3 Å². The van der Waals surface area contributed by atoms with Crippen molar-refractivity contribution in [1.82, 2.24) is 15.0 Å². The van der Waals surface area contributed by atoms with E-state index in [9.17, 15) is 9.90 Å². The fourth-order valence-corrected chi connectivity index (χ4v) is 1.94. The molecule has 1 unspecified atom stereocenters. The van der Waals surface area contributed by atoms with E-state index in [0.29, 0.717) is 0 Å². The van der Waals surface area contributed by atoms with Gasteiger partial charge in [0.05, 0.1) is 18.8 Å². The molecular weight excluding hydrogens is 230 g/mol. The SMILES string of the molecule is O=C(O)c1cn(CC(O)c2ccsc2)nn1. The zero-order valence-corrected chi connectivity index (χ0v) is 8.96. The van der Waals surface area contributed by atoms with Gasteiger partial charge >= 0.3 is 5.97 Å². The molecule has 0 spiro atoms. The maximum atomic E-state index is 10.6. The zero-order chi connectivity index (χ0) is 11.5. The Bertz CT molecular complexity index is 480. The van der Waals surface area contributed by atoms with Crippen LogP contribution in [0.25, 0.3) is 0 Å². The normalized spacial score (nSPS) is 12.6. The summed E-state index contributed by atoms with van der Waals surface area (Å²) in [7, 11) is 0. The van der Waals surface area contributed by atoms with Gasteiger partial charge in [-0.15, -0.1) is 5.10 Å². The average molecular weight is 239 g/mol. The topological polar surface area (TPSA) is 88.2 Å². The number of carboxylic acid groups (broad SMARTS) is 1. The second-order valence-electron chi connectivity index (χ2n) is 3.20. The molecule has 0 aliphatic carbocycles. The first-order valence-electron chi connectivity index (χ1n) is 4.50. The molecule has 0 radical (unpaired) electrons. The highest BCUT2D eigenvalue weighted by Gasteiger charge is 2.12. The second-order valence-corrected chi connectivity index (χ2v) is 3.98. The highest BCUT2D eigenvalue weighted by molar-refractivity contribution is 7.07. The van der Waals surface area contributed by atoms with Crippen molar-refractivity contribution in [1.29, 1.82) is 0 Å². The molecule has 0 saturated carbocycles. The summed E-state index contributed by atoms with van der Waals surface area (Å²) in [6.45, 7) is 0.191. The van der Waals surface area contributed by atoms with Crippen LogP contribution in [0.3, 0.4) is 0 Å². The highest BCUT2D eigenvalue weighted by atomic mass is 32.1. The maximum Gasteiger partial charge on any atom is 0.358 e. The van der Waals surface area contributed by atoms with Crippen LogP contribution in [0, 0.1) is 0 Å². The van der Waals surface area contributed by atoms with Crippen LogP contribution in [-0.4, -0.2) is 31.2 Å². The fraction of sp³-hybridized carbons (Fsp3) is 0.222. The van der Waals surface area contributed by atoms with Gasteiger partial charge in [0.25, 0.3) is 0 Å². The molecule has 16 heavy (non-hydrogen) atoms. The molecule has 2 heterocycles. The Morgan fingerprint density at radius 3 is 3.00 bits per heavy atom. The van der Waals surface area contributed by atoms with E-state index < -0.39 is 12.1 Å². The van der Waals surface area contributed by atoms with Gasteiger partial charge in [-0.25, -0.2) is 9.48 Å². The van der Waals surface area contributed by atoms with Crippen LogP contribution in [0.5, 0.6) is 0 Å². The second kappa shape index (κ2) is 4.42. The standard InChI is InChI=1S/C9H9N3O3S/c13-8(6-1-2-16-5-6)4-12-3-7(9(14)15)10-11-12/h1-3,5,8,13H,4H2,(H,14,15). The van der Waals surface area contributed by atoms with Gasteiger partial charge in [-0.1, -0.05) is 5.21 Å². The first kappa shape index (κ1) is 10.8. The lowest BCUT2D eigenvalue weighted by Gasteiger charge is -2.07. The quantitative estimate of drug-likeness (QED) is 0.822. The van der Waals surface area contributed by atoms with Crippen LogP contribution in [0.2, 0.25) is 0 Å². The predicted molar refractivity (Wildman–Crippen MR) is 56.3 cm³/mol. The molecule has 0 aliphatic rings. The lowest BCUT2D eigenvalue weighted by atomic mass is 10.2. The Kier molecular flexibility index (Phi) is 2.97. The van der Waals surface area contributed by atoms with Gasteiger partial charge in [0.15, 0.2) is 5.69 Å². The van der Waals surface area contributed by atoms with Crippen molar-refractivity contribution in [3.8, 4) is 0 Å². The van der Waals surface area contributed by atoms with Gasteiger partial charge in [-0.3, -0.25) is 0 Å². The lowest BCUT2D eigenvalue weighted by Crippen LogP contribution is -2.08. The third-order valence-corrected chi connectivity index (χ3v) is 2.75. The van der Waals surface area contributed by atoms with Gasteiger partial charge in [0, 0.05) is 0 Å². The summed E-state index contributed by atoms with van der Waals surface area (Å²) < 4.78 is 1.31. The summed E-state index contributed by atoms with van der Waals surface area (Å²) in [6.07, 6.45) is 0.590. The first-order valence-corrected chi connectivity index (χ1v) is 5.44. The first-order chi connectivity index (χ1) is 7.66. The van der Waals surface area contributed by atoms with E-state index in [-0.39, 0.29) is 12.2 Å². The third-order valence-electron chi connectivity index (χ3n) is 2.05. The minimum atomic E-state index is -1.13. The number of aromatic nitrogens is 3. The summed E-state index contributed by atoms with van der Waals surface area (Å²) in [6, 6.07) is 1.81. The number of hydrogen-bond donors (Lipinski definition) is 2. The van der Waals surface area contributed by atoms with E-state index in [1.807, 2.05) is 16.8 Å². The van der Waals surface area contributed by atoms with Gasteiger partial charge in [-0.2, -0.15) is 11.3 Å². The van der Waals surface area contributed by atoms with Crippen molar-refractivity contribution in [2.24, 2.45) is 0 Å². The molecule has 0 aromatic carbocycles. The number of rotatable bonds is 4. The van der Waals surface area contributed by atoms with Crippen LogP contribution >= 0.6 is 11.3 Å². The molecule has 7 heteroatoms. The number of aliphatic hydroxyl groups excluding tert-OH is 1. The van der Waals surface area contributed by atoms with Crippen molar-refractivity contribution in [3.63, 3.8) is 0 Å². The largest absolute Gasteiger partial charge is 0.476 e. The highest BCUT2D eigenvalue weighted by Crippen LogP contribution is 2.17. The molecule has 0 saturated heterocycles. The Balaban J connectivity index is 2.06. The van der Waals surface area contributed by atoms with E-state index >= 15 is 0 Å². The number of nitrogens with zero attached hydrogens (tertiary/aromatic N) is 3. The lowest BCUT2D eigenvalue weighted by molar-refractivity contribution is 0.0690. The maximum absolute atomic E-state index is 10.6. The van der Waals surface area contributed by atoms with Crippen molar-refractivity contribution < 1.29 is 15.0 Å². The van der Waals surface area contributed by atoms with E-state index in [2.05, 4.69) is 10.3 Å². The number of carboxylic acids is 1. The third kappa shape index (κ3) is 2.26. The van der Waals surface area contributed by atoms with Crippen LogP contribution in [-0.2, 0) is 6.54 Å². The van der Waals surface area contributed by atoms with Crippen molar-refractivity contribution in [3.05, 3.63) is 34.3 Å². The van der Waals surface area contributed by atoms with E-state index in [4.69, 9.17) is 5.11 Å². The zero-order valence-electron chi connectivity index (χ0n) is 8.15. The van der Waals surface area contributed by atoms with Crippen LogP contribution in [0.1, 0.15) is 22.2 Å². The minimum absolute atomic E-state index is 0.127. The predicted octanol–water partition coefficient (Wildman–Crippen LogP) is 0.771.